The van der Waals surface area contributed by atoms with Gasteiger partial charge in [0, 0.05) is 33.9 Å². The first-order chi connectivity index (χ1) is 12.6. The number of rotatable bonds is 5. The first-order valence-corrected chi connectivity index (χ1v) is 8.35. The molecule has 0 unspecified atom stereocenters. The largest absolute Gasteiger partial charge is 0.494 e. The van der Waals surface area contributed by atoms with Crippen molar-refractivity contribution in [3.05, 3.63) is 65.4 Å². The van der Waals surface area contributed by atoms with Gasteiger partial charge < -0.3 is 15.0 Å². The SMILES string of the molecule is CCOc1cccc(NC(=O)/C(C#N)=C\c2c(C)[nH]c3ccccc23)c1. The van der Waals surface area contributed by atoms with E-state index < -0.39 is 5.91 Å². The molecule has 26 heavy (non-hydrogen) atoms. The van der Waals surface area contributed by atoms with Gasteiger partial charge in [-0.1, -0.05) is 24.3 Å². The molecule has 3 aromatic rings. The summed E-state index contributed by atoms with van der Waals surface area (Å²) in [5.41, 5.74) is 3.34. The molecule has 2 aromatic carbocycles. The predicted molar refractivity (Wildman–Crippen MR) is 103 cm³/mol. The summed E-state index contributed by atoms with van der Waals surface area (Å²) in [5, 5.41) is 13.2. The monoisotopic (exact) mass is 345 g/mol. The van der Waals surface area contributed by atoms with E-state index in [1.165, 1.54) is 0 Å². The Hall–Kier alpha value is -3.52. The molecule has 0 aliphatic rings. The Morgan fingerprint density at radius 2 is 2.08 bits per heavy atom. The summed E-state index contributed by atoms with van der Waals surface area (Å²) < 4.78 is 5.43. The van der Waals surface area contributed by atoms with E-state index in [1.54, 1.807) is 24.3 Å². The number of benzene rings is 2. The van der Waals surface area contributed by atoms with Crippen LogP contribution in [0, 0.1) is 18.3 Å². The molecule has 0 spiro atoms. The van der Waals surface area contributed by atoms with Crippen LogP contribution in [-0.4, -0.2) is 17.5 Å². The van der Waals surface area contributed by atoms with Gasteiger partial charge in [0.2, 0.25) is 0 Å². The van der Waals surface area contributed by atoms with Crippen LogP contribution in [0.1, 0.15) is 18.2 Å². The second-order valence-corrected chi connectivity index (χ2v) is 5.79. The predicted octanol–water partition coefficient (Wildman–Crippen LogP) is 4.42. The van der Waals surface area contributed by atoms with E-state index in [0.29, 0.717) is 18.0 Å². The van der Waals surface area contributed by atoms with Crippen LogP contribution in [0.3, 0.4) is 0 Å². The maximum atomic E-state index is 12.5. The van der Waals surface area contributed by atoms with Gasteiger partial charge in [0.25, 0.3) is 5.91 Å². The van der Waals surface area contributed by atoms with Gasteiger partial charge in [-0.15, -0.1) is 0 Å². The van der Waals surface area contributed by atoms with E-state index in [0.717, 1.165) is 22.2 Å². The third-order valence-corrected chi connectivity index (χ3v) is 4.00. The quantitative estimate of drug-likeness (QED) is 0.531. The number of aromatic amines is 1. The molecule has 1 aromatic heterocycles. The molecule has 3 rings (SSSR count). The summed E-state index contributed by atoms with van der Waals surface area (Å²) in [7, 11) is 0. The number of para-hydroxylation sites is 1. The summed E-state index contributed by atoms with van der Waals surface area (Å²) in [5.74, 6) is 0.214. The molecule has 0 radical (unpaired) electrons. The molecule has 0 bridgehead atoms. The fraction of sp³-hybridized carbons (Fsp3) is 0.143. The lowest BCUT2D eigenvalue weighted by Gasteiger charge is -2.07. The second kappa shape index (κ2) is 7.58. The van der Waals surface area contributed by atoms with E-state index in [9.17, 15) is 10.1 Å². The molecule has 2 N–H and O–H groups in total. The van der Waals surface area contributed by atoms with E-state index in [-0.39, 0.29) is 5.57 Å². The zero-order valence-electron chi connectivity index (χ0n) is 14.7. The summed E-state index contributed by atoms with van der Waals surface area (Å²) in [6.07, 6.45) is 1.62. The molecule has 0 saturated carbocycles. The fourth-order valence-electron chi connectivity index (χ4n) is 2.81. The molecule has 5 nitrogen and oxygen atoms in total. The molecule has 0 fully saturated rings. The number of carbonyl (C=O) groups is 1. The van der Waals surface area contributed by atoms with Gasteiger partial charge in [-0.05, 0) is 38.1 Å². The number of amides is 1. The number of anilines is 1. The summed E-state index contributed by atoms with van der Waals surface area (Å²) in [4.78, 5) is 15.8. The van der Waals surface area contributed by atoms with Crippen LogP contribution in [0.5, 0.6) is 5.75 Å². The Kier molecular flexibility index (Phi) is 5.04. The zero-order chi connectivity index (χ0) is 18.5. The highest BCUT2D eigenvalue weighted by Gasteiger charge is 2.13. The van der Waals surface area contributed by atoms with Gasteiger partial charge in [0.15, 0.2) is 0 Å². The van der Waals surface area contributed by atoms with Crippen LogP contribution in [0.4, 0.5) is 5.69 Å². The average Bonchev–Trinajstić information content (AvgIpc) is 2.95. The van der Waals surface area contributed by atoms with Gasteiger partial charge in [-0.2, -0.15) is 5.26 Å². The Balaban J connectivity index is 1.89. The van der Waals surface area contributed by atoms with E-state index in [2.05, 4.69) is 10.3 Å². The highest BCUT2D eigenvalue weighted by Crippen LogP contribution is 2.25. The minimum atomic E-state index is -0.453. The first-order valence-electron chi connectivity index (χ1n) is 8.35. The molecule has 0 aliphatic heterocycles. The summed E-state index contributed by atoms with van der Waals surface area (Å²) >= 11 is 0. The molecular formula is C21H19N3O2. The lowest BCUT2D eigenvalue weighted by molar-refractivity contribution is -0.112. The van der Waals surface area contributed by atoms with Gasteiger partial charge >= 0.3 is 0 Å². The van der Waals surface area contributed by atoms with E-state index >= 15 is 0 Å². The Morgan fingerprint density at radius 1 is 1.27 bits per heavy atom. The number of nitriles is 1. The van der Waals surface area contributed by atoms with Crippen molar-refractivity contribution < 1.29 is 9.53 Å². The van der Waals surface area contributed by atoms with Crippen LogP contribution < -0.4 is 10.1 Å². The number of aryl methyl sites for hydroxylation is 1. The van der Waals surface area contributed by atoms with Crippen molar-refractivity contribution in [2.24, 2.45) is 0 Å². The molecule has 1 heterocycles. The van der Waals surface area contributed by atoms with Crippen LogP contribution >= 0.6 is 0 Å². The topological polar surface area (TPSA) is 77.9 Å². The number of hydrogen-bond acceptors (Lipinski definition) is 3. The van der Waals surface area contributed by atoms with Gasteiger partial charge in [0.05, 0.1) is 6.61 Å². The minimum Gasteiger partial charge on any atom is -0.494 e. The van der Waals surface area contributed by atoms with Crippen molar-refractivity contribution in [3.63, 3.8) is 0 Å². The third-order valence-electron chi connectivity index (χ3n) is 4.00. The Morgan fingerprint density at radius 3 is 2.85 bits per heavy atom. The van der Waals surface area contributed by atoms with Crippen molar-refractivity contribution in [3.8, 4) is 11.8 Å². The van der Waals surface area contributed by atoms with E-state index in [1.807, 2.05) is 50.2 Å². The van der Waals surface area contributed by atoms with Crippen molar-refractivity contribution in [1.29, 1.82) is 5.26 Å². The second-order valence-electron chi connectivity index (χ2n) is 5.79. The van der Waals surface area contributed by atoms with Gasteiger partial charge in [-0.25, -0.2) is 0 Å². The number of aromatic nitrogens is 1. The average molecular weight is 345 g/mol. The van der Waals surface area contributed by atoms with Crippen molar-refractivity contribution >= 4 is 28.6 Å². The smallest absolute Gasteiger partial charge is 0.266 e. The molecule has 0 saturated heterocycles. The standard InChI is InChI=1S/C21H19N3O2/c1-3-26-17-8-6-7-16(12-17)24-21(25)15(13-22)11-19-14(2)23-20-10-5-4-9-18(19)20/h4-12,23H,3H2,1-2H3,(H,24,25)/b15-11-. The van der Waals surface area contributed by atoms with Crippen molar-refractivity contribution in [2.75, 3.05) is 11.9 Å². The Labute approximate surface area is 151 Å². The van der Waals surface area contributed by atoms with Crippen LogP contribution in [0.25, 0.3) is 17.0 Å². The molecular weight excluding hydrogens is 326 g/mol. The van der Waals surface area contributed by atoms with Crippen LogP contribution in [0.2, 0.25) is 0 Å². The van der Waals surface area contributed by atoms with Crippen LogP contribution in [0.15, 0.2) is 54.1 Å². The highest BCUT2D eigenvalue weighted by molar-refractivity contribution is 6.11. The van der Waals surface area contributed by atoms with Gasteiger partial charge in [-0.3, -0.25) is 4.79 Å². The maximum absolute atomic E-state index is 12.5. The zero-order valence-corrected chi connectivity index (χ0v) is 14.7. The highest BCUT2D eigenvalue weighted by atomic mass is 16.5. The van der Waals surface area contributed by atoms with Gasteiger partial charge in [0.1, 0.15) is 17.4 Å². The summed E-state index contributed by atoms with van der Waals surface area (Å²) in [6, 6.07) is 16.9. The lowest BCUT2D eigenvalue weighted by atomic mass is 10.1. The number of H-pyrrole nitrogens is 1. The Bertz CT molecular complexity index is 1030. The maximum Gasteiger partial charge on any atom is 0.266 e. The minimum absolute atomic E-state index is 0.0414. The molecule has 1 amide bonds. The number of ether oxygens (including phenoxy) is 1. The number of hydrogen-bond donors (Lipinski definition) is 2. The first kappa shape index (κ1) is 17.3. The molecule has 0 atom stereocenters. The van der Waals surface area contributed by atoms with E-state index in [4.69, 9.17) is 4.74 Å². The fourth-order valence-corrected chi connectivity index (χ4v) is 2.81. The van der Waals surface area contributed by atoms with Crippen molar-refractivity contribution in [1.82, 2.24) is 4.98 Å². The lowest BCUT2D eigenvalue weighted by Crippen LogP contribution is -2.13. The third kappa shape index (κ3) is 3.60. The molecule has 130 valence electrons. The molecule has 0 aliphatic carbocycles. The summed E-state index contributed by atoms with van der Waals surface area (Å²) in [6.45, 7) is 4.36. The number of carbonyl (C=O) groups excluding carboxylic acids is 1. The number of nitrogens with zero attached hydrogens (tertiary/aromatic N) is 1. The normalized spacial score (nSPS) is 11.2. The number of nitrogens with one attached hydrogen (secondary N) is 2. The van der Waals surface area contributed by atoms with Crippen molar-refractivity contribution in [2.45, 2.75) is 13.8 Å². The molecule has 5 heteroatoms. The number of fused-ring (bicyclic) bond motifs is 1. The van der Waals surface area contributed by atoms with Crippen LogP contribution in [-0.2, 0) is 4.79 Å².